The molecule has 0 radical (unpaired) electrons. The highest BCUT2D eigenvalue weighted by atomic mass is 16.3. The first-order valence-corrected chi connectivity index (χ1v) is 10.3. The summed E-state index contributed by atoms with van der Waals surface area (Å²) in [4.78, 5) is 28.2. The fourth-order valence-electron chi connectivity index (χ4n) is 4.80. The van der Waals surface area contributed by atoms with Gasteiger partial charge in [-0.15, -0.1) is 0 Å². The maximum atomic E-state index is 13.2. The van der Waals surface area contributed by atoms with Crippen molar-refractivity contribution in [1.29, 1.82) is 0 Å². The SMILES string of the molecule is Cc1cc(C(=O)N[C@@H]2CN3CCCC[C@]3(C(=O)NCc3cnn(C)c3)C2)c(C)o1. The van der Waals surface area contributed by atoms with E-state index in [-0.39, 0.29) is 17.9 Å². The summed E-state index contributed by atoms with van der Waals surface area (Å²) >= 11 is 0. The lowest BCUT2D eigenvalue weighted by atomic mass is 9.84. The second-order valence-electron chi connectivity index (χ2n) is 8.34. The molecular weight excluding hydrogens is 370 g/mol. The van der Waals surface area contributed by atoms with Gasteiger partial charge >= 0.3 is 0 Å². The maximum Gasteiger partial charge on any atom is 0.255 e. The molecule has 0 saturated carbocycles. The van der Waals surface area contributed by atoms with E-state index < -0.39 is 5.54 Å². The van der Waals surface area contributed by atoms with Crippen LogP contribution in [0, 0.1) is 13.8 Å². The molecule has 29 heavy (non-hydrogen) atoms. The summed E-state index contributed by atoms with van der Waals surface area (Å²) in [7, 11) is 1.86. The lowest BCUT2D eigenvalue weighted by Crippen LogP contribution is -2.57. The van der Waals surface area contributed by atoms with Gasteiger partial charge in [0.05, 0.1) is 11.8 Å². The van der Waals surface area contributed by atoms with Crippen molar-refractivity contribution in [3.8, 4) is 0 Å². The molecule has 2 aromatic rings. The Hall–Kier alpha value is -2.61. The number of carbonyl (C=O) groups excluding carboxylic acids is 2. The van der Waals surface area contributed by atoms with Crippen molar-refractivity contribution in [1.82, 2.24) is 25.3 Å². The number of amides is 2. The highest BCUT2D eigenvalue weighted by Crippen LogP contribution is 2.38. The Kier molecular flexibility index (Phi) is 5.21. The molecule has 2 fully saturated rings. The molecule has 8 heteroatoms. The summed E-state index contributed by atoms with van der Waals surface area (Å²) < 4.78 is 7.22. The smallest absolute Gasteiger partial charge is 0.255 e. The Bertz CT molecular complexity index is 917. The number of aromatic nitrogens is 2. The van der Waals surface area contributed by atoms with E-state index in [1.807, 2.05) is 20.2 Å². The zero-order valence-corrected chi connectivity index (χ0v) is 17.3. The number of fused-ring (bicyclic) bond motifs is 1. The minimum absolute atomic E-state index is 0.0492. The zero-order chi connectivity index (χ0) is 20.6. The average molecular weight is 399 g/mol. The van der Waals surface area contributed by atoms with Crippen molar-refractivity contribution in [3.63, 3.8) is 0 Å². The molecule has 2 aromatic heterocycles. The number of carbonyl (C=O) groups is 2. The summed E-state index contributed by atoms with van der Waals surface area (Å²) in [6.45, 7) is 5.68. The van der Waals surface area contributed by atoms with Crippen LogP contribution in [0.1, 0.15) is 53.1 Å². The molecule has 2 amide bonds. The Balaban J connectivity index is 1.44. The summed E-state index contributed by atoms with van der Waals surface area (Å²) in [5.74, 6) is 1.27. The predicted molar refractivity (Wildman–Crippen MR) is 107 cm³/mol. The van der Waals surface area contributed by atoms with E-state index in [1.165, 1.54) is 0 Å². The molecule has 0 aliphatic carbocycles. The van der Waals surface area contributed by atoms with Crippen molar-refractivity contribution in [3.05, 3.63) is 41.1 Å². The first kappa shape index (κ1) is 19.7. The van der Waals surface area contributed by atoms with Gasteiger partial charge in [-0.1, -0.05) is 0 Å². The van der Waals surface area contributed by atoms with E-state index in [0.29, 0.717) is 30.8 Å². The van der Waals surface area contributed by atoms with Crippen molar-refractivity contribution in [2.75, 3.05) is 13.1 Å². The standard InChI is InChI=1S/C21H29N5O3/c1-14-8-18(15(2)29-14)19(27)24-17-9-21(6-4-5-7-26(21)13-17)20(28)22-10-16-11-23-25(3)12-16/h8,11-12,17H,4-7,9-10,13H2,1-3H3,(H,22,28)(H,24,27)/t17-,21+/m0/s1. The van der Waals surface area contributed by atoms with Gasteiger partial charge in [-0.25, -0.2) is 0 Å². The number of rotatable bonds is 5. The molecule has 0 aromatic carbocycles. The molecule has 2 atom stereocenters. The van der Waals surface area contributed by atoms with Gasteiger partial charge in [0.25, 0.3) is 5.91 Å². The molecule has 0 spiro atoms. The van der Waals surface area contributed by atoms with E-state index in [9.17, 15) is 9.59 Å². The minimum atomic E-state index is -0.542. The number of piperidine rings is 1. The van der Waals surface area contributed by atoms with Crippen LogP contribution in [0.2, 0.25) is 0 Å². The molecule has 0 bridgehead atoms. The maximum absolute atomic E-state index is 13.2. The van der Waals surface area contributed by atoms with Gasteiger partial charge in [0.15, 0.2) is 0 Å². The van der Waals surface area contributed by atoms with Gasteiger partial charge in [-0.3, -0.25) is 19.2 Å². The summed E-state index contributed by atoms with van der Waals surface area (Å²) in [6.07, 6.45) is 7.23. The van der Waals surface area contributed by atoms with Crippen LogP contribution in [0.25, 0.3) is 0 Å². The Morgan fingerprint density at radius 2 is 2.17 bits per heavy atom. The van der Waals surface area contributed by atoms with E-state index in [4.69, 9.17) is 4.42 Å². The van der Waals surface area contributed by atoms with Gasteiger partial charge in [-0.05, 0) is 52.1 Å². The first-order chi connectivity index (χ1) is 13.9. The molecule has 2 aliphatic heterocycles. The van der Waals surface area contributed by atoms with Crippen molar-refractivity contribution >= 4 is 11.8 Å². The minimum Gasteiger partial charge on any atom is -0.466 e. The van der Waals surface area contributed by atoms with Crippen LogP contribution in [0.3, 0.4) is 0 Å². The molecule has 0 unspecified atom stereocenters. The number of nitrogens with zero attached hydrogens (tertiary/aromatic N) is 3. The number of furan rings is 1. The number of aryl methyl sites for hydroxylation is 3. The predicted octanol–water partition coefficient (Wildman–Crippen LogP) is 1.67. The summed E-state index contributed by atoms with van der Waals surface area (Å²) in [5.41, 5.74) is 1.01. The Morgan fingerprint density at radius 1 is 1.34 bits per heavy atom. The van der Waals surface area contributed by atoms with Crippen LogP contribution in [0.5, 0.6) is 0 Å². The molecule has 8 nitrogen and oxygen atoms in total. The van der Waals surface area contributed by atoms with Crippen LogP contribution in [0.4, 0.5) is 0 Å². The molecule has 156 valence electrons. The number of hydrogen-bond donors (Lipinski definition) is 2. The Morgan fingerprint density at radius 3 is 2.86 bits per heavy atom. The third kappa shape index (κ3) is 3.81. The molecule has 2 aliphatic rings. The van der Waals surface area contributed by atoms with Gasteiger partial charge in [0.1, 0.15) is 17.1 Å². The number of hydrogen-bond acceptors (Lipinski definition) is 5. The van der Waals surface area contributed by atoms with E-state index in [2.05, 4.69) is 20.6 Å². The van der Waals surface area contributed by atoms with Crippen LogP contribution in [-0.2, 0) is 18.4 Å². The van der Waals surface area contributed by atoms with Gasteiger partial charge in [0, 0.05) is 37.9 Å². The summed E-state index contributed by atoms with van der Waals surface area (Å²) in [5, 5.41) is 10.4. The Labute approximate surface area is 170 Å². The van der Waals surface area contributed by atoms with Crippen LogP contribution in [0.15, 0.2) is 22.9 Å². The van der Waals surface area contributed by atoms with Crippen molar-refractivity contribution in [2.45, 2.75) is 57.7 Å². The first-order valence-electron chi connectivity index (χ1n) is 10.3. The second-order valence-corrected chi connectivity index (χ2v) is 8.34. The summed E-state index contributed by atoms with van der Waals surface area (Å²) in [6, 6.07) is 1.71. The van der Waals surface area contributed by atoms with Crippen LogP contribution >= 0.6 is 0 Å². The number of nitrogens with one attached hydrogen (secondary N) is 2. The second kappa shape index (κ2) is 7.67. The highest BCUT2D eigenvalue weighted by molar-refractivity contribution is 5.95. The highest BCUT2D eigenvalue weighted by Gasteiger charge is 2.52. The van der Waals surface area contributed by atoms with E-state index >= 15 is 0 Å². The fraction of sp³-hybridized carbons (Fsp3) is 0.571. The largest absolute Gasteiger partial charge is 0.466 e. The molecule has 2 N–H and O–H groups in total. The van der Waals surface area contributed by atoms with E-state index in [0.717, 1.165) is 37.1 Å². The normalized spacial score (nSPS) is 24.3. The molecule has 4 rings (SSSR count). The fourth-order valence-corrected chi connectivity index (χ4v) is 4.80. The zero-order valence-electron chi connectivity index (χ0n) is 17.3. The average Bonchev–Trinajstić information content (AvgIpc) is 3.36. The third-order valence-corrected chi connectivity index (χ3v) is 6.15. The molecule has 4 heterocycles. The van der Waals surface area contributed by atoms with Crippen LogP contribution < -0.4 is 10.6 Å². The quantitative estimate of drug-likeness (QED) is 0.798. The topological polar surface area (TPSA) is 92.4 Å². The van der Waals surface area contributed by atoms with Gasteiger partial charge < -0.3 is 15.1 Å². The van der Waals surface area contributed by atoms with Gasteiger partial charge in [-0.2, -0.15) is 5.10 Å². The van der Waals surface area contributed by atoms with Crippen molar-refractivity contribution < 1.29 is 14.0 Å². The lowest BCUT2D eigenvalue weighted by molar-refractivity contribution is -0.134. The molecule has 2 saturated heterocycles. The van der Waals surface area contributed by atoms with Crippen molar-refractivity contribution in [2.24, 2.45) is 7.05 Å². The molecular formula is C21H29N5O3. The van der Waals surface area contributed by atoms with Gasteiger partial charge in [0.2, 0.25) is 5.91 Å². The van der Waals surface area contributed by atoms with E-state index in [1.54, 1.807) is 23.9 Å². The lowest BCUT2D eigenvalue weighted by Gasteiger charge is -2.40. The van der Waals surface area contributed by atoms with Crippen LogP contribution in [-0.4, -0.2) is 51.2 Å². The third-order valence-electron chi connectivity index (χ3n) is 6.15. The monoisotopic (exact) mass is 399 g/mol.